The lowest BCUT2D eigenvalue weighted by Crippen LogP contribution is -2.03. The third kappa shape index (κ3) is 3.38. The van der Waals surface area contributed by atoms with Crippen LogP contribution in [-0.2, 0) is 0 Å². The number of rotatable bonds is 5. The molecule has 26 heavy (non-hydrogen) atoms. The molecule has 0 aliphatic rings. The van der Waals surface area contributed by atoms with Gasteiger partial charge in [-0.05, 0) is 36.6 Å². The highest BCUT2D eigenvalue weighted by atomic mass is 16.5. The largest absolute Gasteiger partial charge is 0.494 e. The SMILES string of the molecule is CCCOc1ccc(-c2c(C)c(-c3ccccc3)nc(N)c2C#N)cc1. The molecule has 0 radical (unpaired) electrons. The molecule has 1 aromatic heterocycles. The van der Waals surface area contributed by atoms with E-state index in [0.717, 1.165) is 40.1 Å². The number of hydrogen-bond donors (Lipinski definition) is 1. The first-order chi connectivity index (χ1) is 12.7. The fourth-order valence-corrected chi connectivity index (χ4v) is 2.98. The second-order valence-corrected chi connectivity index (χ2v) is 6.07. The van der Waals surface area contributed by atoms with Crippen LogP contribution in [0.2, 0.25) is 0 Å². The summed E-state index contributed by atoms with van der Waals surface area (Å²) in [6.07, 6.45) is 0.959. The lowest BCUT2D eigenvalue weighted by Gasteiger charge is -2.15. The summed E-state index contributed by atoms with van der Waals surface area (Å²) < 4.78 is 5.65. The first-order valence-corrected chi connectivity index (χ1v) is 8.64. The number of aromatic nitrogens is 1. The highest BCUT2D eigenvalue weighted by Gasteiger charge is 2.18. The van der Waals surface area contributed by atoms with E-state index in [1.165, 1.54) is 0 Å². The minimum absolute atomic E-state index is 0.248. The van der Waals surface area contributed by atoms with Gasteiger partial charge in [-0.3, -0.25) is 0 Å². The van der Waals surface area contributed by atoms with Gasteiger partial charge in [0, 0.05) is 11.1 Å². The first-order valence-electron chi connectivity index (χ1n) is 8.64. The average molecular weight is 343 g/mol. The second-order valence-electron chi connectivity index (χ2n) is 6.07. The quantitative estimate of drug-likeness (QED) is 0.710. The van der Waals surface area contributed by atoms with Gasteiger partial charge in [-0.1, -0.05) is 49.4 Å². The van der Waals surface area contributed by atoms with Gasteiger partial charge in [0.2, 0.25) is 0 Å². The maximum absolute atomic E-state index is 9.62. The molecule has 2 aromatic carbocycles. The zero-order chi connectivity index (χ0) is 18.5. The molecule has 0 fully saturated rings. The van der Waals surface area contributed by atoms with Crippen molar-refractivity contribution in [2.75, 3.05) is 12.3 Å². The number of nitrogens with two attached hydrogens (primary N) is 1. The van der Waals surface area contributed by atoms with Crippen LogP contribution >= 0.6 is 0 Å². The Labute approximate surface area is 153 Å². The molecule has 0 saturated carbocycles. The Bertz CT molecular complexity index is 942. The van der Waals surface area contributed by atoms with Crippen LogP contribution in [0.4, 0.5) is 5.82 Å². The molecular formula is C22H21N3O. The topological polar surface area (TPSA) is 71.9 Å². The van der Waals surface area contributed by atoms with Crippen molar-refractivity contribution in [3.05, 3.63) is 65.7 Å². The maximum Gasteiger partial charge on any atom is 0.142 e. The molecule has 130 valence electrons. The molecule has 0 aliphatic carbocycles. The number of anilines is 1. The van der Waals surface area contributed by atoms with Gasteiger partial charge in [-0.2, -0.15) is 5.26 Å². The van der Waals surface area contributed by atoms with Gasteiger partial charge in [0.05, 0.1) is 12.3 Å². The lowest BCUT2D eigenvalue weighted by atomic mass is 9.93. The van der Waals surface area contributed by atoms with Gasteiger partial charge in [-0.15, -0.1) is 0 Å². The molecular weight excluding hydrogens is 322 g/mol. The molecule has 3 aromatic rings. The molecule has 0 spiro atoms. The van der Waals surface area contributed by atoms with Gasteiger partial charge < -0.3 is 10.5 Å². The van der Waals surface area contributed by atoms with Crippen LogP contribution in [0.15, 0.2) is 54.6 Å². The molecule has 0 aliphatic heterocycles. The van der Waals surface area contributed by atoms with E-state index in [4.69, 9.17) is 10.5 Å². The maximum atomic E-state index is 9.62. The molecule has 0 bridgehead atoms. The highest BCUT2D eigenvalue weighted by Crippen LogP contribution is 2.36. The summed E-state index contributed by atoms with van der Waals surface area (Å²) in [6.45, 7) is 4.73. The van der Waals surface area contributed by atoms with Gasteiger partial charge in [-0.25, -0.2) is 4.98 Å². The monoisotopic (exact) mass is 343 g/mol. The van der Waals surface area contributed by atoms with Crippen molar-refractivity contribution < 1.29 is 4.74 Å². The molecule has 4 nitrogen and oxygen atoms in total. The minimum atomic E-state index is 0.248. The van der Waals surface area contributed by atoms with Crippen LogP contribution in [0.1, 0.15) is 24.5 Å². The Hall–Kier alpha value is -3.32. The average Bonchev–Trinajstić information content (AvgIpc) is 2.68. The van der Waals surface area contributed by atoms with E-state index in [2.05, 4.69) is 18.0 Å². The van der Waals surface area contributed by atoms with Gasteiger partial charge in [0.25, 0.3) is 0 Å². The van der Waals surface area contributed by atoms with Gasteiger partial charge in [0.1, 0.15) is 23.2 Å². The predicted molar refractivity (Wildman–Crippen MR) is 105 cm³/mol. The number of nitrogens with zero attached hydrogens (tertiary/aromatic N) is 2. The van der Waals surface area contributed by atoms with Crippen molar-refractivity contribution in [1.82, 2.24) is 4.98 Å². The van der Waals surface area contributed by atoms with Crippen LogP contribution in [0.5, 0.6) is 5.75 Å². The van der Waals surface area contributed by atoms with E-state index in [0.29, 0.717) is 12.2 Å². The Morgan fingerprint density at radius 3 is 2.35 bits per heavy atom. The fraction of sp³-hybridized carbons (Fsp3) is 0.182. The number of benzene rings is 2. The molecule has 2 N–H and O–H groups in total. The van der Waals surface area contributed by atoms with Gasteiger partial charge >= 0.3 is 0 Å². The molecule has 0 saturated heterocycles. The second kappa shape index (κ2) is 7.71. The summed E-state index contributed by atoms with van der Waals surface area (Å²) in [5.74, 6) is 1.07. The lowest BCUT2D eigenvalue weighted by molar-refractivity contribution is 0.317. The number of pyridine rings is 1. The van der Waals surface area contributed by atoms with E-state index >= 15 is 0 Å². The normalized spacial score (nSPS) is 10.3. The Balaban J connectivity index is 2.14. The molecule has 0 atom stereocenters. The number of hydrogen-bond acceptors (Lipinski definition) is 4. The van der Waals surface area contributed by atoms with Crippen LogP contribution in [0.25, 0.3) is 22.4 Å². The highest BCUT2D eigenvalue weighted by molar-refractivity contribution is 5.84. The van der Waals surface area contributed by atoms with E-state index < -0.39 is 0 Å². The summed E-state index contributed by atoms with van der Waals surface area (Å²) >= 11 is 0. The summed E-state index contributed by atoms with van der Waals surface area (Å²) in [6, 6.07) is 19.8. The van der Waals surface area contributed by atoms with E-state index in [1.807, 2.05) is 61.5 Å². The summed E-state index contributed by atoms with van der Waals surface area (Å²) in [5, 5.41) is 9.62. The summed E-state index contributed by atoms with van der Waals surface area (Å²) in [4.78, 5) is 4.49. The van der Waals surface area contributed by atoms with Crippen LogP contribution in [0, 0.1) is 18.3 Å². The van der Waals surface area contributed by atoms with Gasteiger partial charge in [0.15, 0.2) is 0 Å². The van der Waals surface area contributed by atoms with Crippen LogP contribution < -0.4 is 10.5 Å². The van der Waals surface area contributed by atoms with Crippen molar-refractivity contribution in [3.8, 4) is 34.2 Å². The van der Waals surface area contributed by atoms with E-state index in [1.54, 1.807) is 0 Å². The summed E-state index contributed by atoms with van der Waals surface area (Å²) in [7, 11) is 0. The number of nitriles is 1. The molecule has 3 rings (SSSR count). The van der Waals surface area contributed by atoms with Crippen molar-refractivity contribution in [3.63, 3.8) is 0 Å². The fourth-order valence-electron chi connectivity index (χ4n) is 2.98. The Kier molecular flexibility index (Phi) is 5.19. The third-order valence-corrected chi connectivity index (χ3v) is 4.24. The van der Waals surface area contributed by atoms with Crippen molar-refractivity contribution in [1.29, 1.82) is 5.26 Å². The first kappa shape index (κ1) is 17.5. The Morgan fingerprint density at radius 1 is 1.04 bits per heavy atom. The molecule has 0 unspecified atom stereocenters. The third-order valence-electron chi connectivity index (χ3n) is 4.24. The number of nitrogen functional groups attached to an aromatic ring is 1. The zero-order valence-corrected chi connectivity index (χ0v) is 15.0. The van der Waals surface area contributed by atoms with E-state index in [9.17, 15) is 5.26 Å². The predicted octanol–water partition coefficient (Wildman–Crippen LogP) is 4.97. The standard InChI is InChI=1S/C22H21N3O/c1-3-13-26-18-11-9-16(10-12-18)20-15(2)21(17-7-5-4-6-8-17)25-22(24)19(20)14-23/h4-12H,3,13H2,1-2H3,(H2,24,25). The Morgan fingerprint density at radius 2 is 1.73 bits per heavy atom. The van der Waals surface area contributed by atoms with Crippen LogP contribution in [-0.4, -0.2) is 11.6 Å². The number of ether oxygens (including phenoxy) is 1. The summed E-state index contributed by atoms with van der Waals surface area (Å²) in [5.41, 5.74) is 11.0. The smallest absolute Gasteiger partial charge is 0.142 e. The molecule has 1 heterocycles. The van der Waals surface area contributed by atoms with Crippen molar-refractivity contribution in [2.24, 2.45) is 0 Å². The minimum Gasteiger partial charge on any atom is -0.494 e. The van der Waals surface area contributed by atoms with Crippen molar-refractivity contribution >= 4 is 5.82 Å². The molecule has 0 amide bonds. The zero-order valence-electron chi connectivity index (χ0n) is 15.0. The molecule has 4 heteroatoms. The van der Waals surface area contributed by atoms with E-state index in [-0.39, 0.29) is 5.82 Å². The van der Waals surface area contributed by atoms with Crippen LogP contribution in [0.3, 0.4) is 0 Å². The van der Waals surface area contributed by atoms with Crippen molar-refractivity contribution in [2.45, 2.75) is 20.3 Å².